The summed E-state index contributed by atoms with van der Waals surface area (Å²) in [4.78, 5) is 41.1. The van der Waals surface area contributed by atoms with Gasteiger partial charge in [-0.3, -0.25) is 19.0 Å². The molecule has 2 fully saturated rings. The van der Waals surface area contributed by atoms with Gasteiger partial charge in [-0.1, -0.05) is 0 Å². The first-order chi connectivity index (χ1) is 25.7. The van der Waals surface area contributed by atoms with Crippen molar-refractivity contribution in [2.75, 3.05) is 55.6 Å². The van der Waals surface area contributed by atoms with E-state index in [0.717, 1.165) is 107 Å². The highest BCUT2D eigenvalue weighted by Crippen LogP contribution is 2.43. The standard InChI is InChI=1S/C39H48F2N10O2/c1-26(53)49-17-10-35-34(24-49)38(50-11-3-4-29-18-32(30-22-44-46(2)23-30)33(37(40)41)19-36(29)50)45-51(35)31-8-13-47(14-9-31)12-5-27-6-15-48(16-7-27)39-42-20-28(25-52)21-43-39/h18-23,25,27,31,37H,3-17,24H2,1-2H3. The van der Waals surface area contributed by atoms with E-state index in [4.69, 9.17) is 5.10 Å². The molecule has 4 aromatic rings. The van der Waals surface area contributed by atoms with Gasteiger partial charge in [0.05, 0.1) is 24.3 Å². The molecule has 4 aliphatic heterocycles. The number of likely N-dealkylation sites (tertiary alicyclic amines) is 1. The van der Waals surface area contributed by atoms with E-state index in [-0.39, 0.29) is 17.5 Å². The molecule has 14 heteroatoms. The van der Waals surface area contributed by atoms with Crippen LogP contribution in [0.2, 0.25) is 0 Å². The number of aromatic nitrogens is 6. The number of amides is 1. The molecule has 1 amide bonds. The highest BCUT2D eigenvalue weighted by molar-refractivity contribution is 5.78. The lowest BCUT2D eigenvalue weighted by Crippen LogP contribution is -2.39. The summed E-state index contributed by atoms with van der Waals surface area (Å²) in [5, 5.41) is 9.57. The third-order valence-electron chi connectivity index (χ3n) is 11.8. The number of alkyl halides is 2. The number of halogens is 2. The topological polar surface area (TPSA) is 109 Å². The number of carbonyl (C=O) groups excluding carboxylic acids is 2. The molecule has 0 bridgehead atoms. The summed E-state index contributed by atoms with van der Waals surface area (Å²) in [5.74, 6) is 2.21. The van der Waals surface area contributed by atoms with E-state index in [2.05, 4.69) is 34.4 Å². The van der Waals surface area contributed by atoms with E-state index in [9.17, 15) is 18.4 Å². The van der Waals surface area contributed by atoms with Gasteiger partial charge in [0.2, 0.25) is 11.9 Å². The summed E-state index contributed by atoms with van der Waals surface area (Å²) in [6.07, 6.45) is 12.5. The lowest BCUT2D eigenvalue weighted by molar-refractivity contribution is -0.129. The number of aryl methyl sites for hydroxylation is 2. The molecule has 0 spiro atoms. The largest absolute Gasteiger partial charge is 0.341 e. The fourth-order valence-electron chi connectivity index (χ4n) is 8.81. The van der Waals surface area contributed by atoms with Gasteiger partial charge in [0.25, 0.3) is 6.43 Å². The summed E-state index contributed by atoms with van der Waals surface area (Å²) >= 11 is 0. The third-order valence-corrected chi connectivity index (χ3v) is 11.8. The maximum absolute atomic E-state index is 14.6. The van der Waals surface area contributed by atoms with Crippen molar-refractivity contribution in [2.45, 2.75) is 77.3 Å². The van der Waals surface area contributed by atoms with Crippen LogP contribution in [-0.2, 0) is 31.2 Å². The number of rotatable bonds is 9. The molecule has 280 valence electrons. The molecule has 0 saturated carbocycles. The average Bonchev–Trinajstić information content (AvgIpc) is 3.80. The van der Waals surface area contributed by atoms with Gasteiger partial charge in [-0.25, -0.2) is 18.7 Å². The number of piperidine rings is 2. The van der Waals surface area contributed by atoms with E-state index in [1.807, 2.05) is 11.0 Å². The van der Waals surface area contributed by atoms with Crippen molar-refractivity contribution in [1.29, 1.82) is 0 Å². The first-order valence-corrected chi connectivity index (χ1v) is 19.1. The maximum atomic E-state index is 14.6. The lowest BCUT2D eigenvalue weighted by Gasteiger charge is -2.36. The van der Waals surface area contributed by atoms with Crippen molar-refractivity contribution in [3.63, 3.8) is 0 Å². The second-order valence-electron chi connectivity index (χ2n) is 15.1. The Kier molecular flexibility index (Phi) is 9.97. The third kappa shape index (κ3) is 7.17. The molecule has 0 aliphatic carbocycles. The Bertz CT molecular complexity index is 1940. The molecule has 0 unspecified atom stereocenters. The van der Waals surface area contributed by atoms with E-state index < -0.39 is 6.43 Å². The molecule has 12 nitrogen and oxygen atoms in total. The van der Waals surface area contributed by atoms with E-state index in [1.165, 1.54) is 12.1 Å². The number of fused-ring (bicyclic) bond motifs is 2. The Morgan fingerprint density at radius 2 is 1.75 bits per heavy atom. The zero-order valence-corrected chi connectivity index (χ0v) is 30.6. The normalized spacial score (nSPS) is 18.8. The van der Waals surface area contributed by atoms with Gasteiger partial charge in [0.1, 0.15) is 0 Å². The fourth-order valence-corrected chi connectivity index (χ4v) is 8.81. The SMILES string of the molecule is CC(=O)N1CCc2c(c(N3CCCc4cc(-c5cnn(C)c5)c(C(F)F)cc43)nn2C2CCN(CCC3CCN(c4ncc(C=O)cn4)CC3)CC2)C1. The van der Waals surface area contributed by atoms with Gasteiger partial charge in [-0.15, -0.1) is 0 Å². The Balaban J connectivity index is 0.969. The highest BCUT2D eigenvalue weighted by atomic mass is 19.3. The Morgan fingerprint density at radius 3 is 2.43 bits per heavy atom. The molecule has 4 aliphatic rings. The van der Waals surface area contributed by atoms with Crippen LogP contribution in [0.25, 0.3) is 11.1 Å². The molecule has 7 heterocycles. The fraction of sp³-hybridized carbons (Fsp3) is 0.538. The molecule has 0 radical (unpaired) electrons. The number of hydrogen-bond acceptors (Lipinski definition) is 9. The van der Waals surface area contributed by atoms with E-state index >= 15 is 0 Å². The van der Waals surface area contributed by atoms with Gasteiger partial charge in [-0.2, -0.15) is 10.2 Å². The summed E-state index contributed by atoms with van der Waals surface area (Å²) in [6.45, 7) is 8.38. The Morgan fingerprint density at radius 1 is 0.981 bits per heavy atom. The van der Waals surface area contributed by atoms with E-state index in [0.29, 0.717) is 48.2 Å². The molecule has 3 aromatic heterocycles. The maximum Gasteiger partial charge on any atom is 0.264 e. The van der Waals surface area contributed by atoms with Crippen molar-refractivity contribution in [3.05, 3.63) is 64.9 Å². The van der Waals surface area contributed by atoms with Crippen LogP contribution in [0.15, 0.2) is 36.9 Å². The first kappa shape index (κ1) is 35.3. The molecular formula is C39H48F2N10O2. The predicted octanol–water partition coefficient (Wildman–Crippen LogP) is 5.76. The van der Waals surface area contributed by atoms with Crippen molar-refractivity contribution in [2.24, 2.45) is 13.0 Å². The first-order valence-electron chi connectivity index (χ1n) is 19.1. The van der Waals surface area contributed by atoms with Crippen LogP contribution >= 0.6 is 0 Å². The summed E-state index contributed by atoms with van der Waals surface area (Å²) in [7, 11) is 1.79. The molecular weight excluding hydrogens is 678 g/mol. The van der Waals surface area contributed by atoms with Gasteiger partial charge < -0.3 is 19.6 Å². The quantitative estimate of drug-likeness (QED) is 0.199. The average molecular weight is 727 g/mol. The molecule has 0 N–H and O–H groups in total. The minimum absolute atomic E-state index is 0.000340. The summed E-state index contributed by atoms with van der Waals surface area (Å²) < 4.78 is 33.2. The van der Waals surface area contributed by atoms with Crippen LogP contribution in [0.4, 0.5) is 26.2 Å². The molecule has 0 atom stereocenters. The van der Waals surface area contributed by atoms with Gasteiger partial charge in [0, 0.05) is 106 Å². The minimum atomic E-state index is -2.64. The number of anilines is 3. The zero-order chi connectivity index (χ0) is 36.6. The van der Waals surface area contributed by atoms with Crippen molar-refractivity contribution in [3.8, 4) is 11.1 Å². The minimum Gasteiger partial charge on any atom is -0.341 e. The number of benzene rings is 1. The number of hydrogen-bond donors (Lipinski definition) is 0. The van der Waals surface area contributed by atoms with E-state index in [1.54, 1.807) is 49.5 Å². The van der Waals surface area contributed by atoms with Crippen LogP contribution < -0.4 is 9.80 Å². The molecule has 2 saturated heterocycles. The van der Waals surface area contributed by atoms with Crippen LogP contribution in [0, 0.1) is 5.92 Å². The predicted molar refractivity (Wildman–Crippen MR) is 198 cm³/mol. The van der Waals surface area contributed by atoms with Crippen molar-refractivity contribution >= 4 is 29.6 Å². The molecule has 1 aromatic carbocycles. The van der Waals surface area contributed by atoms with Crippen molar-refractivity contribution in [1.82, 2.24) is 39.3 Å². The Hall–Kier alpha value is -4.72. The van der Waals surface area contributed by atoms with Crippen molar-refractivity contribution < 1.29 is 18.4 Å². The number of nitrogens with zero attached hydrogens (tertiary/aromatic N) is 10. The van der Waals surface area contributed by atoms with Crippen LogP contribution in [0.5, 0.6) is 0 Å². The molecule has 8 rings (SSSR count). The van der Waals surface area contributed by atoms with Crippen LogP contribution in [0.1, 0.15) is 90.7 Å². The number of aldehydes is 1. The lowest BCUT2D eigenvalue weighted by atomic mass is 9.92. The summed E-state index contributed by atoms with van der Waals surface area (Å²) in [5.41, 5.74) is 5.76. The molecule has 53 heavy (non-hydrogen) atoms. The van der Waals surface area contributed by atoms with Gasteiger partial charge in [0.15, 0.2) is 12.1 Å². The second kappa shape index (κ2) is 15.0. The summed E-state index contributed by atoms with van der Waals surface area (Å²) in [6, 6.07) is 3.84. The monoisotopic (exact) mass is 726 g/mol. The zero-order valence-electron chi connectivity index (χ0n) is 30.6. The second-order valence-corrected chi connectivity index (χ2v) is 15.1. The van der Waals surface area contributed by atoms with Gasteiger partial charge in [-0.05, 0) is 80.7 Å². The highest BCUT2D eigenvalue weighted by Gasteiger charge is 2.35. The number of carbonyl (C=O) groups is 2. The van der Waals surface area contributed by atoms with Gasteiger partial charge >= 0.3 is 0 Å². The van der Waals surface area contributed by atoms with Crippen LogP contribution in [-0.4, -0.2) is 97.3 Å². The smallest absolute Gasteiger partial charge is 0.264 e. The van der Waals surface area contributed by atoms with Crippen LogP contribution in [0.3, 0.4) is 0 Å². The Labute approximate surface area is 308 Å².